The van der Waals surface area contributed by atoms with E-state index in [9.17, 15) is 13.2 Å². The first-order valence-electron chi connectivity index (χ1n) is 5.51. The van der Waals surface area contributed by atoms with Gasteiger partial charge in [-0.15, -0.1) is 0 Å². The first-order chi connectivity index (χ1) is 9.38. The van der Waals surface area contributed by atoms with Crippen molar-refractivity contribution in [3.05, 3.63) is 53.9 Å². The second-order valence-corrected chi connectivity index (χ2v) is 5.02. The van der Waals surface area contributed by atoms with Gasteiger partial charge < -0.3 is 5.73 Å². The van der Waals surface area contributed by atoms with Gasteiger partial charge in [0.25, 0.3) is 0 Å². The number of nitrogens with zero attached hydrogens (tertiary/aromatic N) is 1. The van der Waals surface area contributed by atoms with Crippen LogP contribution in [0.4, 0.5) is 13.2 Å². The van der Waals surface area contributed by atoms with Crippen molar-refractivity contribution in [3.8, 4) is 0 Å². The number of aromatic nitrogens is 1. The smallest absolute Gasteiger partial charge is 0.384 e. The molecule has 0 unspecified atom stereocenters. The average Bonchev–Trinajstić information content (AvgIpc) is 2.38. The van der Waals surface area contributed by atoms with Crippen LogP contribution in [0.3, 0.4) is 0 Å². The van der Waals surface area contributed by atoms with E-state index in [1.807, 2.05) is 0 Å². The van der Waals surface area contributed by atoms with Gasteiger partial charge in [0.05, 0.1) is 5.56 Å². The fourth-order valence-corrected chi connectivity index (χ4v) is 2.47. The van der Waals surface area contributed by atoms with Crippen LogP contribution in [-0.2, 0) is 6.18 Å². The normalized spacial score (nSPS) is 11.3. The van der Waals surface area contributed by atoms with Crippen molar-refractivity contribution in [2.75, 3.05) is 0 Å². The highest BCUT2D eigenvalue weighted by Crippen LogP contribution is 2.35. The summed E-state index contributed by atoms with van der Waals surface area (Å²) >= 11 is 1.23. The van der Waals surface area contributed by atoms with E-state index in [0.29, 0.717) is 4.90 Å². The molecule has 2 aromatic rings. The molecule has 7 heteroatoms. The van der Waals surface area contributed by atoms with Crippen molar-refractivity contribution in [1.29, 1.82) is 5.41 Å². The van der Waals surface area contributed by atoms with E-state index in [0.717, 1.165) is 17.0 Å². The monoisotopic (exact) mass is 297 g/mol. The first-order valence-corrected chi connectivity index (χ1v) is 6.33. The van der Waals surface area contributed by atoms with E-state index in [-0.39, 0.29) is 5.56 Å². The molecule has 0 saturated heterocycles. The zero-order chi connectivity index (χ0) is 14.8. The van der Waals surface area contributed by atoms with Crippen molar-refractivity contribution >= 4 is 17.6 Å². The Hall–Kier alpha value is -2.02. The Morgan fingerprint density at radius 2 is 1.80 bits per heavy atom. The number of rotatable bonds is 3. The summed E-state index contributed by atoms with van der Waals surface area (Å²) in [6.07, 6.45) is -1.29. The molecular weight excluding hydrogens is 287 g/mol. The highest BCUT2D eigenvalue weighted by atomic mass is 32.2. The van der Waals surface area contributed by atoms with Crippen LogP contribution < -0.4 is 5.73 Å². The van der Waals surface area contributed by atoms with Crippen molar-refractivity contribution in [2.24, 2.45) is 5.73 Å². The molecule has 1 aromatic heterocycles. The molecule has 1 aromatic carbocycles. The molecule has 0 radical (unpaired) electrons. The Kier molecular flexibility index (Phi) is 3.99. The quantitative estimate of drug-likeness (QED) is 0.673. The lowest BCUT2D eigenvalue weighted by atomic mass is 10.1. The van der Waals surface area contributed by atoms with Gasteiger partial charge in [-0.05, 0) is 30.3 Å². The van der Waals surface area contributed by atoms with Crippen molar-refractivity contribution < 1.29 is 13.2 Å². The number of amidine groups is 1. The van der Waals surface area contributed by atoms with Crippen molar-refractivity contribution in [3.63, 3.8) is 0 Å². The molecule has 0 amide bonds. The zero-order valence-corrected chi connectivity index (χ0v) is 10.9. The molecule has 0 fully saturated rings. The number of nitrogens with two attached hydrogens (primary N) is 1. The Morgan fingerprint density at radius 1 is 1.15 bits per heavy atom. The molecule has 2 rings (SSSR count). The number of nitrogen functional groups attached to an aromatic ring is 1. The molecule has 0 atom stereocenters. The molecule has 0 aliphatic rings. The molecule has 3 N–H and O–H groups in total. The van der Waals surface area contributed by atoms with Gasteiger partial charge in [-0.3, -0.25) is 10.4 Å². The van der Waals surface area contributed by atoms with Crippen LogP contribution in [0.25, 0.3) is 0 Å². The molecule has 0 saturated carbocycles. The minimum absolute atomic E-state index is 0.0710. The highest BCUT2D eigenvalue weighted by molar-refractivity contribution is 7.99. The van der Waals surface area contributed by atoms with Crippen LogP contribution in [0, 0.1) is 5.41 Å². The summed E-state index contributed by atoms with van der Waals surface area (Å²) in [6, 6.07) is 6.66. The SMILES string of the molecule is N=C(N)c1cc(C(F)(F)F)ccc1Sc1ccncc1. The van der Waals surface area contributed by atoms with E-state index in [1.165, 1.54) is 17.8 Å². The molecule has 0 spiro atoms. The third kappa shape index (κ3) is 3.30. The van der Waals surface area contributed by atoms with Gasteiger partial charge in [0.1, 0.15) is 5.84 Å². The summed E-state index contributed by atoms with van der Waals surface area (Å²) in [4.78, 5) is 5.17. The lowest BCUT2D eigenvalue weighted by Gasteiger charge is -2.12. The molecule has 0 bridgehead atoms. The summed E-state index contributed by atoms with van der Waals surface area (Å²) in [5.74, 6) is -0.396. The van der Waals surface area contributed by atoms with E-state index in [2.05, 4.69) is 4.98 Å². The fourth-order valence-electron chi connectivity index (χ4n) is 1.54. The van der Waals surface area contributed by atoms with Gasteiger partial charge in [-0.25, -0.2) is 0 Å². The Balaban J connectivity index is 2.41. The van der Waals surface area contributed by atoms with E-state index in [4.69, 9.17) is 11.1 Å². The van der Waals surface area contributed by atoms with E-state index < -0.39 is 17.6 Å². The van der Waals surface area contributed by atoms with Crippen LogP contribution in [0.2, 0.25) is 0 Å². The predicted molar refractivity (Wildman–Crippen MR) is 70.8 cm³/mol. The number of nitrogens with one attached hydrogen (secondary N) is 1. The predicted octanol–water partition coefficient (Wildman–Crippen LogP) is 3.54. The highest BCUT2D eigenvalue weighted by Gasteiger charge is 2.31. The molecular formula is C13H10F3N3S. The lowest BCUT2D eigenvalue weighted by Crippen LogP contribution is -2.14. The van der Waals surface area contributed by atoms with Crippen LogP contribution in [0.1, 0.15) is 11.1 Å². The largest absolute Gasteiger partial charge is 0.416 e. The maximum absolute atomic E-state index is 12.7. The van der Waals surface area contributed by atoms with Crippen molar-refractivity contribution in [1.82, 2.24) is 4.98 Å². The van der Waals surface area contributed by atoms with E-state index in [1.54, 1.807) is 24.5 Å². The standard InChI is InChI=1S/C13H10F3N3S/c14-13(15,16)8-1-2-11(10(7-8)12(17)18)20-9-3-5-19-6-4-9/h1-7H,(H3,17,18). The molecule has 20 heavy (non-hydrogen) atoms. The van der Waals surface area contributed by atoms with Gasteiger partial charge in [-0.1, -0.05) is 11.8 Å². The molecule has 0 aliphatic carbocycles. The Bertz CT molecular complexity index is 627. The molecule has 104 valence electrons. The Morgan fingerprint density at radius 3 is 2.35 bits per heavy atom. The summed E-state index contributed by atoms with van der Waals surface area (Å²) in [5, 5.41) is 7.43. The number of benzene rings is 1. The third-order valence-electron chi connectivity index (χ3n) is 2.47. The Labute approximate surface area is 117 Å². The minimum atomic E-state index is -4.45. The zero-order valence-electron chi connectivity index (χ0n) is 10.1. The fraction of sp³-hybridized carbons (Fsp3) is 0.0769. The first kappa shape index (κ1) is 14.4. The summed E-state index contributed by atoms with van der Waals surface area (Å²) in [6.45, 7) is 0. The van der Waals surface area contributed by atoms with E-state index >= 15 is 0 Å². The van der Waals surface area contributed by atoms with Gasteiger partial charge in [0, 0.05) is 27.7 Å². The molecule has 3 nitrogen and oxygen atoms in total. The lowest BCUT2D eigenvalue weighted by molar-refractivity contribution is -0.137. The number of pyridine rings is 1. The van der Waals surface area contributed by atoms with Crippen LogP contribution >= 0.6 is 11.8 Å². The topological polar surface area (TPSA) is 62.8 Å². The van der Waals surface area contributed by atoms with Crippen LogP contribution in [0.5, 0.6) is 0 Å². The summed E-state index contributed by atoms with van der Waals surface area (Å²) in [7, 11) is 0. The van der Waals surface area contributed by atoms with Crippen molar-refractivity contribution in [2.45, 2.75) is 16.0 Å². The number of halogens is 3. The second-order valence-electron chi connectivity index (χ2n) is 3.91. The molecule has 0 aliphatic heterocycles. The van der Waals surface area contributed by atoms with Crippen LogP contribution in [0.15, 0.2) is 52.5 Å². The maximum Gasteiger partial charge on any atom is 0.416 e. The van der Waals surface area contributed by atoms with Gasteiger partial charge in [0.2, 0.25) is 0 Å². The maximum atomic E-state index is 12.7. The molecule has 1 heterocycles. The number of hydrogen-bond donors (Lipinski definition) is 2. The number of hydrogen-bond acceptors (Lipinski definition) is 3. The second kappa shape index (κ2) is 5.54. The summed E-state index contributed by atoms with van der Waals surface area (Å²) < 4.78 is 38.0. The van der Waals surface area contributed by atoms with Gasteiger partial charge >= 0.3 is 6.18 Å². The third-order valence-corrected chi connectivity index (χ3v) is 3.56. The van der Waals surface area contributed by atoms with Crippen LogP contribution in [-0.4, -0.2) is 10.8 Å². The van der Waals surface area contributed by atoms with Gasteiger partial charge in [-0.2, -0.15) is 13.2 Å². The van der Waals surface area contributed by atoms with Gasteiger partial charge in [0.15, 0.2) is 0 Å². The average molecular weight is 297 g/mol. The number of alkyl halides is 3. The summed E-state index contributed by atoms with van der Waals surface area (Å²) in [5.41, 5.74) is 4.62. The minimum Gasteiger partial charge on any atom is -0.384 e.